The second-order valence-corrected chi connectivity index (χ2v) is 4.16. The summed E-state index contributed by atoms with van der Waals surface area (Å²) in [6, 6.07) is 0. The summed E-state index contributed by atoms with van der Waals surface area (Å²) in [5, 5.41) is 0. The van der Waals surface area contributed by atoms with Gasteiger partial charge in [0.05, 0.1) is 6.33 Å². The minimum absolute atomic E-state index is 0.250. The lowest BCUT2D eigenvalue weighted by molar-refractivity contribution is -0.191. The molecule has 0 radical (unpaired) electrons. The first-order chi connectivity index (χ1) is 7.19. The zero-order chi connectivity index (χ0) is 11.3. The summed E-state index contributed by atoms with van der Waals surface area (Å²) in [6.07, 6.45) is 6.76. The first-order valence-corrected chi connectivity index (χ1v) is 5.17. The smallest absolute Gasteiger partial charge is 0.334 e. The summed E-state index contributed by atoms with van der Waals surface area (Å²) in [5.74, 6) is 1.66. The van der Waals surface area contributed by atoms with Crippen LogP contribution in [0.15, 0.2) is 12.5 Å². The van der Waals surface area contributed by atoms with Gasteiger partial charge in [-0.25, -0.2) is 4.98 Å². The van der Waals surface area contributed by atoms with E-state index in [9.17, 15) is 0 Å². The SMILES string of the molecule is CC(C)C1CCc2cncn2C1.O=C=O. The van der Waals surface area contributed by atoms with Gasteiger partial charge in [-0.2, -0.15) is 9.59 Å². The van der Waals surface area contributed by atoms with E-state index in [1.807, 2.05) is 12.5 Å². The maximum Gasteiger partial charge on any atom is 0.373 e. The zero-order valence-corrected chi connectivity index (χ0v) is 9.14. The molecule has 2 heterocycles. The number of carbonyl (C=O) groups excluding carboxylic acids is 2. The van der Waals surface area contributed by atoms with Crippen molar-refractivity contribution in [2.24, 2.45) is 11.8 Å². The van der Waals surface area contributed by atoms with E-state index in [0.717, 1.165) is 11.8 Å². The number of fused-ring (bicyclic) bond motifs is 1. The quantitative estimate of drug-likeness (QED) is 0.703. The molecule has 1 aliphatic heterocycles. The van der Waals surface area contributed by atoms with E-state index in [4.69, 9.17) is 9.59 Å². The van der Waals surface area contributed by atoms with Crippen LogP contribution in [-0.2, 0) is 22.6 Å². The van der Waals surface area contributed by atoms with Crippen LogP contribution in [0.2, 0.25) is 0 Å². The topological polar surface area (TPSA) is 52.0 Å². The molecule has 0 aromatic carbocycles. The van der Waals surface area contributed by atoms with Gasteiger partial charge in [0.25, 0.3) is 0 Å². The van der Waals surface area contributed by atoms with E-state index in [1.165, 1.54) is 25.1 Å². The van der Waals surface area contributed by atoms with Crippen LogP contribution in [0, 0.1) is 11.8 Å². The highest BCUT2D eigenvalue weighted by Gasteiger charge is 2.20. The average Bonchev–Trinajstić information content (AvgIpc) is 2.65. The number of aromatic nitrogens is 2. The maximum absolute atomic E-state index is 8.12. The molecule has 1 unspecified atom stereocenters. The Balaban J connectivity index is 0.000000337. The molecule has 0 amide bonds. The molecule has 2 rings (SSSR count). The minimum atomic E-state index is 0.250. The Hall–Kier alpha value is -1.41. The van der Waals surface area contributed by atoms with E-state index >= 15 is 0 Å². The molecule has 0 bridgehead atoms. The van der Waals surface area contributed by atoms with Gasteiger partial charge in [-0.3, -0.25) is 0 Å². The van der Waals surface area contributed by atoms with E-state index in [1.54, 1.807) is 0 Å². The third-order valence-electron chi connectivity index (χ3n) is 2.94. The normalized spacial score (nSPS) is 18.7. The maximum atomic E-state index is 8.12. The third-order valence-corrected chi connectivity index (χ3v) is 2.94. The Bertz CT molecular complexity index is 338. The van der Waals surface area contributed by atoms with Crippen LogP contribution in [0.25, 0.3) is 0 Å². The molecule has 1 aromatic heterocycles. The van der Waals surface area contributed by atoms with Gasteiger partial charge in [-0.15, -0.1) is 0 Å². The van der Waals surface area contributed by atoms with Crippen LogP contribution < -0.4 is 0 Å². The van der Waals surface area contributed by atoms with Gasteiger partial charge in [0.15, 0.2) is 0 Å². The number of hydrogen-bond acceptors (Lipinski definition) is 3. The Morgan fingerprint density at radius 1 is 1.53 bits per heavy atom. The van der Waals surface area contributed by atoms with Crippen molar-refractivity contribution < 1.29 is 9.59 Å². The standard InChI is InChI=1S/C10H16N2.CO2/c1-8(2)9-3-4-10-5-11-7-12(10)6-9;2-1-3/h5,7-9H,3-4,6H2,1-2H3;. The van der Waals surface area contributed by atoms with E-state index in [-0.39, 0.29) is 6.15 Å². The second-order valence-electron chi connectivity index (χ2n) is 4.16. The van der Waals surface area contributed by atoms with Crippen molar-refractivity contribution in [1.82, 2.24) is 9.55 Å². The molecule has 4 nitrogen and oxygen atoms in total. The molecule has 0 aliphatic carbocycles. The van der Waals surface area contributed by atoms with Crippen LogP contribution in [-0.4, -0.2) is 15.7 Å². The fourth-order valence-electron chi connectivity index (χ4n) is 1.94. The summed E-state index contributed by atoms with van der Waals surface area (Å²) in [5.41, 5.74) is 1.41. The van der Waals surface area contributed by atoms with Gasteiger partial charge in [0.2, 0.25) is 0 Å². The van der Waals surface area contributed by atoms with Gasteiger partial charge in [0, 0.05) is 18.4 Å². The Morgan fingerprint density at radius 3 is 2.80 bits per heavy atom. The predicted molar refractivity (Wildman–Crippen MR) is 53.9 cm³/mol. The Kier molecular flexibility index (Phi) is 4.25. The van der Waals surface area contributed by atoms with E-state index in [0.29, 0.717) is 0 Å². The molecule has 0 saturated carbocycles. The van der Waals surface area contributed by atoms with Gasteiger partial charge >= 0.3 is 6.15 Å². The van der Waals surface area contributed by atoms with Crippen molar-refractivity contribution >= 4 is 6.15 Å². The van der Waals surface area contributed by atoms with E-state index in [2.05, 4.69) is 23.4 Å². The lowest BCUT2D eigenvalue weighted by Crippen LogP contribution is -2.23. The van der Waals surface area contributed by atoms with Crippen LogP contribution in [0.3, 0.4) is 0 Å². The van der Waals surface area contributed by atoms with Gasteiger partial charge in [0.1, 0.15) is 0 Å². The molecule has 1 aromatic rings. The molecule has 0 spiro atoms. The lowest BCUT2D eigenvalue weighted by atomic mass is 9.88. The van der Waals surface area contributed by atoms with Gasteiger partial charge in [-0.05, 0) is 24.7 Å². The van der Waals surface area contributed by atoms with Crippen molar-refractivity contribution in [2.45, 2.75) is 33.2 Å². The third kappa shape index (κ3) is 3.03. The number of imidazole rings is 1. The second kappa shape index (κ2) is 5.47. The van der Waals surface area contributed by atoms with Gasteiger partial charge < -0.3 is 4.57 Å². The Labute approximate surface area is 89.3 Å². The van der Waals surface area contributed by atoms with Crippen molar-refractivity contribution in [2.75, 3.05) is 0 Å². The average molecular weight is 208 g/mol. The minimum Gasteiger partial charge on any atom is -0.334 e. The van der Waals surface area contributed by atoms with E-state index < -0.39 is 0 Å². The van der Waals surface area contributed by atoms with Crippen LogP contribution >= 0.6 is 0 Å². The molecule has 0 fully saturated rings. The first-order valence-electron chi connectivity index (χ1n) is 5.17. The molecule has 82 valence electrons. The largest absolute Gasteiger partial charge is 0.373 e. The van der Waals surface area contributed by atoms with Crippen molar-refractivity contribution in [3.8, 4) is 0 Å². The van der Waals surface area contributed by atoms with Crippen molar-refractivity contribution in [1.29, 1.82) is 0 Å². The fraction of sp³-hybridized carbons (Fsp3) is 0.636. The fourth-order valence-corrected chi connectivity index (χ4v) is 1.94. The molecular formula is C11H16N2O2. The molecule has 15 heavy (non-hydrogen) atoms. The highest BCUT2D eigenvalue weighted by molar-refractivity contribution is 5.20. The lowest BCUT2D eigenvalue weighted by Gasteiger charge is -2.26. The number of nitrogens with zero attached hydrogens (tertiary/aromatic N) is 2. The monoisotopic (exact) mass is 208 g/mol. The van der Waals surface area contributed by atoms with Crippen molar-refractivity contribution in [3.63, 3.8) is 0 Å². The number of rotatable bonds is 1. The van der Waals surface area contributed by atoms with Crippen molar-refractivity contribution in [3.05, 3.63) is 18.2 Å². The first kappa shape index (κ1) is 11.7. The summed E-state index contributed by atoms with van der Waals surface area (Å²) in [6.45, 7) is 5.80. The molecule has 0 N–H and O–H groups in total. The molecule has 1 aliphatic rings. The number of aryl methyl sites for hydroxylation is 1. The van der Waals surface area contributed by atoms with Gasteiger partial charge in [-0.1, -0.05) is 13.8 Å². The molecule has 4 heteroatoms. The van der Waals surface area contributed by atoms with Crippen LogP contribution in [0.1, 0.15) is 26.0 Å². The highest BCUT2D eigenvalue weighted by Crippen LogP contribution is 2.25. The van der Waals surface area contributed by atoms with Crippen LogP contribution in [0.5, 0.6) is 0 Å². The van der Waals surface area contributed by atoms with Crippen LogP contribution in [0.4, 0.5) is 0 Å². The summed E-state index contributed by atoms with van der Waals surface area (Å²) >= 11 is 0. The molecular weight excluding hydrogens is 192 g/mol. The Morgan fingerprint density at radius 2 is 2.20 bits per heavy atom. The predicted octanol–water partition coefficient (Wildman–Crippen LogP) is 1.52. The molecule has 1 atom stereocenters. The molecule has 0 saturated heterocycles. The highest BCUT2D eigenvalue weighted by atomic mass is 16.2. The summed E-state index contributed by atoms with van der Waals surface area (Å²) < 4.78 is 2.30. The summed E-state index contributed by atoms with van der Waals surface area (Å²) in [4.78, 5) is 20.4. The zero-order valence-electron chi connectivity index (χ0n) is 9.14. The number of hydrogen-bond donors (Lipinski definition) is 0. The summed E-state index contributed by atoms with van der Waals surface area (Å²) in [7, 11) is 0.